The normalized spacial score (nSPS) is 14.4. The van der Waals surface area contributed by atoms with Crippen LogP contribution in [0.4, 0.5) is 11.6 Å². The smallest absolute Gasteiger partial charge is 0.148 e. The number of nitrogen functional groups attached to an aromatic ring is 1. The van der Waals surface area contributed by atoms with Gasteiger partial charge in [-0.25, -0.2) is 15.8 Å². The van der Waals surface area contributed by atoms with E-state index in [9.17, 15) is 0 Å². The molecule has 0 bridgehead atoms. The molecule has 0 aromatic carbocycles. The van der Waals surface area contributed by atoms with Gasteiger partial charge in [-0.15, -0.1) is 0 Å². The van der Waals surface area contributed by atoms with Gasteiger partial charge >= 0.3 is 0 Å². The predicted molar refractivity (Wildman–Crippen MR) is 70.4 cm³/mol. The van der Waals surface area contributed by atoms with Gasteiger partial charge in [0.15, 0.2) is 0 Å². The lowest BCUT2D eigenvalue weighted by atomic mass is 10.2. The topological polar surface area (TPSA) is 102 Å². The van der Waals surface area contributed by atoms with Crippen LogP contribution >= 0.6 is 0 Å². The Morgan fingerprint density at radius 2 is 2.16 bits per heavy atom. The van der Waals surface area contributed by atoms with E-state index in [2.05, 4.69) is 25.9 Å². The number of nitrogens with zero attached hydrogens (tertiary/aromatic N) is 3. The van der Waals surface area contributed by atoms with Gasteiger partial charge in [0, 0.05) is 17.5 Å². The standard InChI is InChI=1S/C12H16N6O/c1-7-10(14-6-9-4-5-19-18-9)15-12(8-2-3-8)16-11(7)17-13/h4-5,8H,2-3,6,13H2,1H3,(H2,14,15,16,17). The zero-order valence-electron chi connectivity index (χ0n) is 10.7. The molecular weight excluding hydrogens is 244 g/mol. The summed E-state index contributed by atoms with van der Waals surface area (Å²) in [5.74, 6) is 8.28. The molecule has 19 heavy (non-hydrogen) atoms. The van der Waals surface area contributed by atoms with Crippen molar-refractivity contribution in [3.8, 4) is 0 Å². The highest BCUT2D eigenvalue weighted by molar-refractivity contribution is 5.57. The van der Waals surface area contributed by atoms with Gasteiger partial charge in [-0.2, -0.15) is 0 Å². The van der Waals surface area contributed by atoms with Gasteiger partial charge in [-0.05, 0) is 19.8 Å². The first-order chi connectivity index (χ1) is 9.28. The molecule has 2 aromatic rings. The Bertz CT molecular complexity index is 564. The Kier molecular flexibility index (Phi) is 3.04. The number of rotatable bonds is 5. The number of hydrogen-bond acceptors (Lipinski definition) is 7. The quantitative estimate of drug-likeness (QED) is 0.553. The first-order valence-electron chi connectivity index (χ1n) is 6.26. The minimum Gasteiger partial charge on any atom is -0.364 e. The number of nitrogens with one attached hydrogen (secondary N) is 2. The number of hydrazine groups is 1. The minimum atomic E-state index is 0.473. The highest BCUT2D eigenvalue weighted by atomic mass is 16.5. The summed E-state index contributed by atoms with van der Waals surface area (Å²) in [6, 6.07) is 1.81. The number of aromatic nitrogens is 3. The lowest BCUT2D eigenvalue weighted by molar-refractivity contribution is 0.412. The molecular formula is C12H16N6O. The van der Waals surface area contributed by atoms with E-state index in [0.29, 0.717) is 18.3 Å². The lowest BCUT2D eigenvalue weighted by Crippen LogP contribution is -2.14. The molecule has 3 rings (SSSR count). The van der Waals surface area contributed by atoms with Crippen LogP contribution in [-0.4, -0.2) is 15.1 Å². The van der Waals surface area contributed by atoms with E-state index in [-0.39, 0.29) is 0 Å². The van der Waals surface area contributed by atoms with Crippen LogP contribution in [0.1, 0.15) is 35.8 Å². The van der Waals surface area contributed by atoms with Crippen molar-refractivity contribution in [2.75, 3.05) is 10.7 Å². The summed E-state index contributed by atoms with van der Waals surface area (Å²) in [6.07, 6.45) is 3.85. The molecule has 100 valence electrons. The maximum atomic E-state index is 5.50. The maximum absolute atomic E-state index is 5.50. The van der Waals surface area contributed by atoms with E-state index in [1.807, 2.05) is 13.0 Å². The van der Waals surface area contributed by atoms with Gasteiger partial charge < -0.3 is 15.3 Å². The van der Waals surface area contributed by atoms with Gasteiger partial charge in [0.2, 0.25) is 0 Å². The van der Waals surface area contributed by atoms with Crippen molar-refractivity contribution in [2.24, 2.45) is 5.84 Å². The molecule has 2 aromatic heterocycles. The first kappa shape index (κ1) is 11.9. The van der Waals surface area contributed by atoms with Gasteiger partial charge in [0.1, 0.15) is 29.4 Å². The zero-order chi connectivity index (χ0) is 13.2. The van der Waals surface area contributed by atoms with E-state index in [1.165, 1.54) is 0 Å². The zero-order valence-corrected chi connectivity index (χ0v) is 10.7. The molecule has 0 unspecified atom stereocenters. The van der Waals surface area contributed by atoms with E-state index in [0.717, 1.165) is 35.7 Å². The van der Waals surface area contributed by atoms with Crippen molar-refractivity contribution in [3.63, 3.8) is 0 Å². The fourth-order valence-electron chi connectivity index (χ4n) is 1.87. The highest BCUT2D eigenvalue weighted by Gasteiger charge is 2.28. The summed E-state index contributed by atoms with van der Waals surface area (Å²) in [7, 11) is 0. The number of anilines is 2. The monoisotopic (exact) mass is 260 g/mol. The molecule has 1 fully saturated rings. The predicted octanol–water partition coefficient (Wildman–Crippen LogP) is 1.55. The molecule has 0 amide bonds. The molecule has 1 aliphatic rings. The molecule has 1 saturated carbocycles. The molecule has 7 heteroatoms. The molecule has 4 N–H and O–H groups in total. The Balaban J connectivity index is 1.83. The third kappa shape index (κ3) is 2.50. The maximum Gasteiger partial charge on any atom is 0.148 e. The second-order valence-corrected chi connectivity index (χ2v) is 4.67. The van der Waals surface area contributed by atoms with Gasteiger partial charge in [0.05, 0.1) is 6.54 Å². The molecule has 0 spiro atoms. The molecule has 0 radical (unpaired) electrons. The lowest BCUT2D eigenvalue weighted by Gasteiger charge is -2.12. The average Bonchev–Trinajstić information content (AvgIpc) is 3.14. The summed E-state index contributed by atoms with van der Waals surface area (Å²) in [6.45, 7) is 2.49. The van der Waals surface area contributed by atoms with Gasteiger partial charge in [-0.3, -0.25) is 0 Å². The van der Waals surface area contributed by atoms with Crippen LogP contribution in [0.25, 0.3) is 0 Å². The summed E-state index contributed by atoms with van der Waals surface area (Å²) in [5, 5.41) is 7.10. The number of nitrogens with two attached hydrogens (primary N) is 1. The second-order valence-electron chi connectivity index (χ2n) is 4.67. The molecule has 0 aliphatic heterocycles. The van der Waals surface area contributed by atoms with Crippen molar-refractivity contribution in [1.29, 1.82) is 0 Å². The van der Waals surface area contributed by atoms with Crippen molar-refractivity contribution < 1.29 is 4.52 Å². The molecule has 1 aliphatic carbocycles. The van der Waals surface area contributed by atoms with Gasteiger partial charge in [0.25, 0.3) is 0 Å². The summed E-state index contributed by atoms with van der Waals surface area (Å²) < 4.78 is 4.79. The molecule has 0 saturated heterocycles. The molecule has 2 heterocycles. The third-order valence-electron chi connectivity index (χ3n) is 3.17. The Hall–Kier alpha value is -2.15. The van der Waals surface area contributed by atoms with Crippen LogP contribution in [0.15, 0.2) is 16.9 Å². The van der Waals surface area contributed by atoms with Crippen molar-refractivity contribution in [1.82, 2.24) is 15.1 Å². The fraction of sp³-hybridized carbons (Fsp3) is 0.417. The number of hydrogen-bond donors (Lipinski definition) is 3. The van der Waals surface area contributed by atoms with E-state index in [4.69, 9.17) is 10.4 Å². The summed E-state index contributed by atoms with van der Waals surface area (Å²) in [4.78, 5) is 9.00. The van der Waals surface area contributed by atoms with Crippen LogP contribution in [0.5, 0.6) is 0 Å². The van der Waals surface area contributed by atoms with E-state index in [1.54, 1.807) is 6.26 Å². The van der Waals surface area contributed by atoms with Crippen molar-refractivity contribution in [2.45, 2.75) is 32.2 Å². The van der Waals surface area contributed by atoms with Crippen molar-refractivity contribution in [3.05, 3.63) is 29.4 Å². The average molecular weight is 260 g/mol. The SMILES string of the molecule is Cc1c(NN)nc(C2CC2)nc1NCc1ccon1. The first-order valence-corrected chi connectivity index (χ1v) is 6.26. The van der Waals surface area contributed by atoms with Crippen LogP contribution in [0.3, 0.4) is 0 Å². The third-order valence-corrected chi connectivity index (χ3v) is 3.17. The van der Waals surface area contributed by atoms with Crippen LogP contribution in [0.2, 0.25) is 0 Å². The largest absolute Gasteiger partial charge is 0.364 e. The minimum absolute atomic E-state index is 0.473. The second kappa shape index (κ2) is 4.85. The Morgan fingerprint density at radius 3 is 2.79 bits per heavy atom. The Labute approximate surface area is 110 Å². The van der Waals surface area contributed by atoms with Crippen molar-refractivity contribution >= 4 is 11.6 Å². The van der Waals surface area contributed by atoms with Crippen LogP contribution < -0.4 is 16.6 Å². The summed E-state index contributed by atoms with van der Waals surface area (Å²) in [5.41, 5.74) is 4.35. The van der Waals surface area contributed by atoms with Crippen LogP contribution in [-0.2, 0) is 6.54 Å². The van der Waals surface area contributed by atoms with E-state index >= 15 is 0 Å². The molecule has 0 atom stereocenters. The highest BCUT2D eigenvalue weighted by Crippen LogP contribution is 2.39. The van der Waals surface area contributed by atoms with Gasteiger partial charge in [-0.1, -0.05) is 5.16 Å². The van der Waals surface area contributed by atoms with Crippen LogP contribution in [0, 0.1) is 6.92 Å². The summed E-state index contributed by atoms with van der Waals surface area (Å²) >= 11 is 0. The fourth-order valence-corrected chi connectivity index (χ4v) is 1.87. The molecule has 7 nitrogen and oxygen atoms in total. The van der Waals surface area contributed by atoms with E-state index < -0.39 is 0 Å². The Morgan fingerprint density at radius 1 is 1.37 bits per heavy atom.